The lowest BCUT2D eigenvalue weighted by Crippen LogP contribution is -2.68. The Morgan fingerprint density at radius 1 is 1.00 bits per heavy atom. The van der Waals surface area contributed by atoms with Crippen molar-refractivity contribution in [2.24, 2.45) is 11.8 Å². The van der Waals surface area contributed by atoms with Crippen LogP contribution in [0.3, 0.4) is 0 Å². The number of likely N-dealkylation sites (N-methyl/N-ethyl adjacent to an activating group) is 1. The van der Waals surface area contributed by atoms with Gasteiger partial charge >= 0.3 is 0 Å². The number of anilines is 1. The van der Waals surface area contributed by atoms with Crippen LogP contribution in [0.15, 0.2) is 76.8 Å². The van der Waals surface area contributed by atoms with Gasteiger partial charge < -0.3 is 33.6 Å². The van der Waals surface area contributed by atoms with E-state index in [4.69, 9.17) is 23.2 Å². The molecule has 4 aliphatic rings. The second kappa shape index (κ2) is 16.4. The molecule has 62 heavy (non-hydrogen) atoms. The molecule has 0 bridgehead atoms. The second-order valence-corrected chi connectivity index (χ2v) is 23.6. The summed E-state index contributed by atoms with van der Waals surface area (Å²) >= 11 is 0. The van der Waals surface area contributed by atoms with E-state index in [0.717, 1.165) is 24.1 Å². The molecule has 2 N–H and O–H groups in total. The lowest BCUT2D eigenvalue weighted by atomic mass is 9.57. The maximum Gasteiger partial charge on any atom is 0.265 e. The predicted molar refractivity (Wildman–Crippen MR) is 237 cm³/mol. The number of nitrogens with one attached hydrogen (secondary N) is 1. The quantitative estimate of drug-likeness (QED) is 0.104. The minimum atomic E-state index is -2.97. The Morgan fingerprint density at radius 2 is 1.65 bits per heavy atom. The lowest BCUT2D eigenvalue weighted by Gasteiger charge is -2.55. The van der Waals surface area contributed by atoms with Crippen LogP contribution in [0.5, 0.6) is 17.4 Å². The highest BCUT2D eigenvalue weighted by atomic mass is 28.4. The molecule has 2 fully saturated rings. The fourth-order valence-electron chi connectivity index (χ4n) is 9.59. The molecule has 5 atom stereocenters. The summed E-state index contributed by atoms with van der Waals surface area (Å²) in [5, 5.41) is 19.9. The van der Waals surface area contributed by atoms with Gasteiger partial charge in [-0.25, -0.2) is 0 Å². The van der Waals surface area contributed by atoms with E-state index in [1.54, 1.807) is 13.2 Å². The highest BCUT2D eigenvalue weighted by Gasteiger charge is 2.69. The van der Waals surface area contributed by atoms with E-state index in [1.807, 2.05) is 105 Å². The number of benzene rings is 3. The van der Waals surface area contributed by atoms with E-state index < -0.39 is 48.4 Å². The fraction of sp³-hybridized carbons (Fsp3) is 0.458. The molecule has 328 valence electrons. The number of rotatable bonds is 12. The predicted octanol–water partition coefficient (Wildman–Crippen LogP) is 8.16. The number of Topliss-reactive ketones (excluding diaryl/α,β-unsaturated/α-hetero) is 2. The number of ketones is 2. The summed E-state index contributed by atoms with van der Waals surface area (Å²) in [5.41, 5.74) is 0.958. The standard InChI is InChI=1S/C48H58N4O9Si/c1-47(2,3)62(8,9)61-48-32(39(51(4)5)42-38(44(48)55)46(50-60-42)59-27-29-19-14-11-15-20-29)24-30-23-31-35(57-7)25-33(49-45(56)34-21-16-22-52(34)6)41(37(31)40(53)36(30)43(48)54)58-26-28-17-12-10-13-18-28/h10-15,17-20,25,30,32,34,39,53H,16,21-24,26-27H2,1-9H3,(H,49,56)/t30-,32-,34-,39-,48?/m0/s1. The molecule has 1 amide bonds. The zero-order valence-corrected chi connectivity index (χ0v) is 38.2. The van der Waals surface area contributed by atoms with E-state index in [-0.39, 0.29) is 72.1 Å². The molecular weight excluding hydrogens is 805 g/mol. The third-order valence-electron chi connectivity index (χ3n) is 13.8. The van der Waals surface area contributed by atoms with Gasteiger partial charge in [-0.2, -0.15) is 0 Å². The molecule has 2 heterocycles. The van der Waals surface area contributed by atoms with Gasteiger partial charge in [0.2, 0.25) is 17.5 Å². The number of amides is 1. The van der Waals surface area contributed by atoms with Gasteiger partial charge in [-0.3, -0.25) is 24.2 Å². The number of aromatic nitrogens is 1. The van der Waals surface area contributed by atoms with Crippen LogP contribution in [0.1, 0.15) is 84.4 Å². The minimum Gasteiger partial charge on any atom is -0.507 e. The molecule has 3 aliphatic carbocycles. The molecule has 13 nitrogen and oxygen atoms in total. The van der Waals surface area contributed by atoms with Crippen molar-refractivity contribution in [2.75, 3.05) is 40.1 Å². The highest BCUT2D eigenvalue weighted by Crippen LogP contribution is 2.60. The Bertz CT molecular complexity index is 2410. The van der Waals surface area contributed by atoms with Crippen LogP contribution in [0.4, 0.5) is 5.69 Å². The number of ether oxygens (including phenoxy) is 3. The molecule has 8 rings (SSSR count). The van der Waals surface area contributed by atoms with Crippen molar-refractivity contribution in [3.63, 3.8) is 0 Å². The Labute approximate surface area is 364 Å². The molecule has 0 radical (unpaired) electrons. The van der Waals surface area contributed by atoms with E-state index in [0.29, 0.717) is 29.2 Å². The zero-order valence-electron chi connectivity index (χ0n) is 37.2. The molecular formula is C48H58N4O9Si. The molecule has 1 saturated carbocycles. The average Bonchev–Trinajstić information content (AvgIpc) is 3.86. The van der Waals surface area contributed by atoms with Gasteiger partial charge in [0.1, 0.15) is 30.3 Å². The summed E-state index contributed by atoms with van der Waals surface area (Å²) < 4.78 is 32.2. The Morgan fingerprint density at radius 3 is 2.23 bits per heavy atom. The van der Waals surface area contributed by atoms with Crippen LogP contribution in [0, 0.1) is 11.8 Å². The summed E-state index contributed by atoms with van der Waals surface area (Å²) in [6, 6.07) is 19.9. The number of hydrogen-bond donors (Lipinski definition) is 2. The number of hydrogen-bond acceptors (Lipinski definition) is 12. The summed E-state index contributed by atoms with van der Waals surface area (Å²) in [6.07, 6.45) is 2.15. The maximum atomic E-state index is 16.1. The normalized spacial score (nSPS) is 23.7. The topological polar surface area (TPSA) is 153 Å². The monoisotopic (exact) mass is 862 g/mol. The van der Waals surface area contributed by atoms with Crippen molar-refractivity contribution in [2.45, 2.75) is 95.5 Å². The highest BCUT2D eigenvalue weighted by molar-refractivity contribution is 6.74. The minimum absolute atomic E-state index is 0.0194. The average molecular weight is 863 g/mol. The zero-order chi connectivity index (χ0) is 44.3. The van der Waals surface area contributed by atoms with Crippen molar-refractivity contribution >= 4 is 37.2 Å². The maximum absolute atomic E-state index is 16.1. The Hall–Kier alpha value is -5.28. The first-order valence-corrected chi connectivity index (χ1v) is 24.4. The summed E-state index contributed by atoms with van der Waals surface area (Å²) in [5.74, 6) is -2.12. The van der Waals surface area contributed by atoms with Crippen LogP contribution in [-0.2, 0) is 33.6 Å². The van der Waals surface area contributed by atoms with Crippen molar-refractivity contribution < 1.29 is 42.6 Å². The number of nitrogens with zero attached hydrogens (tertiary/aromatic N) is 3. The van der Waals surface area contributed by atoms with Gasteiger partial charge in [-0.05, 0) is 93.7 Å². The Balaban J connectivity index is 1.31. The van der Waals surface area contributed by atoms with Gasteiger partial charge in [0.05, 0.1) is 30.4 Å². The second-order valence-electron chi connectivity index (χ2n) is 18.9. The lowest BCUT2D eigenvalue weighted by molar-refractivity contribution is -0.140. The first kappa shape index (κ1) is 43.4. The molecule has 0 spiro atoms. The number of carbonyl (C=O) groups is 3. The fourth-order valence-corrected chi connectivity index (χ4v) is 11.0. The molecule has 4 aromatic rings. The number of fused-ring (bicyclic) bond motifs is 4. The van der Waals surface area contributed by atoms with Crippen LogP contribution >= 0.6 is 0 Å². The van der Waals surface area contributed by atoms with Crippen LogP contribution in [-0.4, -0.2) is 92.3 Å². The van der Waals surface area contributed by atoms with Crippen molar-refractivity contribution in [3.8, 4) is 17.4 Å². The van der Waals surface area contributed by atoms with Crippen LogP contribution in [0.2, 0.25) is 18.1 Å². The van der Waals surface area contributed by atoms with Crippen molar-refractivity contribution in [3.05, 3.63) is 106 Å². The first-order valence-electron chi connectivity index (χ1n) is 21.5. The van der Waals surface area contributed by atoms with Gasteiger partial charge in [0.25, 0.3) is 5.88 Å². The van der Waals surface area contributed by atoms with Crippen LogP contribution in [0.25, 0.3) is 5.76 Å². The third kappa shape index (κ3) is 7.33. The largest absolute Gasteiger partial charge is 0.507 e. The SMILES string of the molecule is COc1cc(NC(=O)[C@@H]2CCCN2C)c(OCc2ccccc2)c2c1C[C@H]1C[C@H]3[C@H](N(C)C)c4onc(OCc5ccccc5)c4C(=O)C3(O[Si](C)(C)C(C)(C)C)C(=O)C1=C2O. The van der Waals surface area contributed by atoms with Gasteiger partial charge in [-0.1, -0.05) is 81.4 Å². The van der Waals surface area contributed by atoms with E-state index in [2.05, 4.69) is 31.2 Å². The number of carbonyl (C=O) groups excluding carboxylic acids is 3. The van der Waals surface area contributed by atoms with Gasteiger partial charge in [0.15, 0.2) is 25.4 Å². The molecule has 1 unspecified atom stereocenters. The summed E-state index contributed by atoms with van der Waals surface area (Å²) in [4.78, 5) is 49.6. The molecule has 14 heteroatoms. The van der Waals surface area contributed by atoms with Gasteiger partial charge in [-0.15, -0.1) is 0 Å². The summed E-state index contributed by atoms with van der Waals surface area (Å²) in [7, 11) is 4.26. The third-order valence-corrected chi connectivity index (χ3v) is 18.2. The smallest absolute Gasteiger partial charge is 0.265 e. The van der Waals surface area contributed by atoms with Crippen LogP contribution < -0.4 is 19.5 Å². The molecule has 3 aromatic carbocycles. The molecule has 1 aliphatic heterocycles. The number of aliphatic hydroxyl groups is 1. The molecule has 1 aromatic heterocycles. The number of likely N-dealkylation sites (tertiary alicyclic amines) is 1. The van der Waals surface area contributed by atoms with Gasteiger partial charge in [0, 0.05) is 23.1 Å². The van der Waals surface area contributed by atoms with E-state index in [9.17, 15) is 9.90 Å². The Kier molecular flexibility index (Phi) is 11.5. The molecule has 1 saturated heterocycles. The van der Waals surface area contributed by atoms with Crippen molar-refractivity contribution in [1.82, 2.24) is 15.0 Å². The summed E-state index contributed by atoms with van der Waals surface area (Å²) in [6.45, 7) is 11.2. The van der Waals surface area contributed by atoms with E-state index >= 15 is 9.59 Å². The first-order chi connectivity index (χ1) is 29.5. The number of methoxy groups -OCH3 is 1. The van der Waals surface area contributed by atoms with Crippen molar-refractivity contribution in [1.29, 1.82) is 0 Å². The number of aliphatic hydroxyl groups excluding tert-OH is 1. The van der Waals surface area contributed by atoms with E-state index in [1.165, 1.54) is 0 Å².